The summed E-state index contributed by atoms with van der Waals surface area (Å²) in [5.74, 6) is 0.300. The zero-order valence-corrected chi connectivity index (χ0v) is 21.3. The Hall–Kier alpha value is -4.37. The Morgan fingerprint density at radius 1 is 0.838 bits per heavy atom. The molecular weight excluding hydrogens is 490 g/mol. The van der Waals surface area contributed by atoms with E-state index < -0.39 is 22.5 Å². The SMILES string of the molecule is COc1ccc(N(CC(=O)Nc2ccc(Cc3ccncc3)cc2)S(=O)(=O)c2ccccc2)cc1OC. The zero-order valence-electron chi connectivity index (χ0n) is 20.5. The fourth-order valence-corrected chi connectivity index (χ4v) is 5.22. The molecule has 0 spiro atoms. The number of anilines is 2. The van der Waals surface area contributed by atoms with Crippen LogP contribution in [0.1, 0.15) is 11.1 Å². The van der Waals surface area contributed by atoms with E-state index in [0.29, 0.717) is 17.2 Å². The molecule has 0 aliphatic rings. The minimum absolute atomic E-state index is 0.0676. The number of sulfonamides is 1. The number of aromatic nitrogens is 1. The fraction of sp³-hybridized carbons (Fsp3) is 0.143. The first kappa shape index (κ1) is 25.7. The van der Waals surface area contributed by atoms with Crippen molar-refractivity contribution in [2.45, 2.75) is 11.3 Å². The second kappa shape index (κ2) is 11.6. The lowest BCUT2D eigenvalue weighted by Crippen LogP contribution is -2.38. The summed E-state index contributed by atoms with van der Waals surface area (Å²) in [6.45, 7) is -0.439. The highest BCUT2D eigenvalue weighted by atomic mass is 32.2. The number of carbonyl (C=O) groups excluding carboxylic acids is 1. The van der Waals surface area contributed by atoms with E-state index in [0.717, 1.165) is 21.9 Å². The summed E-state index contributed by atoms with van der Waals surface area (Å²) in [4.78, 5) is 17.1. The van der Waals surface area contributed by atoms with E-state index in [1.54, 1.807) is 54.9 Å². The lowest BCUT2D eigenvalue weighted by molar-refractivity contribution is -0.114. The first-order valence-electron chi connectivity index (χ1n) is 11.5. The van der Waals surface area contributed by atoms with Gasteiger partial charge < -0.3 is 14.8 Å². The number of nitrogens with zero attached hydrogens (tertiary/aromatic N) is 2. The highest BCUT2D eigenvalue weighted by Gasteiger charge is 2.28. The van der Waals surface area contributed by atoms with E-state index in [9.17, 15) is 13.2 Å². The predicted molar refractivity (Wildman–Crippen MR) is 143 cm³/mol. The van der Waals surface area contributed by atoms with Gasteiger partial charge >= 0.3 is 0 Å². The number of ether oxygens (including phenoxy) is 2. The van der Waals surface area contributed by atoms with Gasteiger partial charge in [0.2, 0.25) is 5.91 Å². The van der Waals surface area contributed by atoms with Crippen molar-refractivity contribution in [1.29, 1.82) is 0 Å². The van der Waals surface area contributed by atoms with Crippen LogP contribution in [-0.2, 0) is 21.2 Å². The Morgan fingerprint density at radius 3 is 2.14 bits per heavy atom. The molecule has 1 aromatic heterocycles. The van der Waals surface area contributed by atoms with Crippen molar-refractivity contribution in [3.8, 4) is 11.5 Å². The van der Waals surface area contributed by atoms with E-state index in [2.05, 4.69) is 10.3 Å². The van der Waals surface area contributed by atoms with Crippen molar-refractivity contribution in [3.63, 3.8) is 0 Å². The van der Waals surface area contributed by atoms with Crippen molar-refractivity contribution in [1.82, 2.24) is 4.98 Å². The first-order chi connectivity index (χ1) is 17.9. The second-order valence-corrected chi connectivity index (χ2v) is 10.0. The van der Waals surface area contributed by atoms with Crippen LogP contribution in [0.3, 0.4) is 0 Å². The van der Waals surface area contributed by atoms with Crippen LogP contribution in [0.4, 0.5) is 11.4 Å². The quantitative estimate of drug-likeness (QED) is 0.332. The Bertz CT molecular complexity index is 1440. The van der Waals surface area contributed by atoms with Gasteiger partial charge in [-0.05, 0) is 66.1 Å². The van der Waals surface area contributed by atoms with Crippen molar-refractivity contribution >= 4 is 27.3 Å². The Labute approximate surface area is 216 Å². The van der Waals surface area contributed by atoms with Gasteiger partial charge in [-0.2, -0.15) is 0 Å². The minimum atomic E-state index is -4.06. The van der Waals surface area contributed by atoms with Crippen molar-refractivity contribution in [2.24, 2.45) is 0 Å². The van der Waals surface area contributed by atoms with Gasteiger partial charge in [-0.1, -0.05) is 30.3 Å². The average Bonchev–Trinajstić information content (AvgIpc) is 2.93. The number of rotatable bonds is 10. The molecule has 8 nitrogen and oxygen atoms in total. The molecule has 1 amide bonds. The molecule has 0 aliphatic carbocycles. The average molecular weight is 518 g/mol. The van der Waals surface area contributed by atoms with Gasteiger partial charge in [-0.15, -0.1) is 0 Å². The lowest BCUT2D eigenvalue weighted by Gasteiger charge is -2.25. The van der Waals surface area contributed by atoms with Crippen LogP contribution in [0.2, 0.25) is 0 Å². The molecule has 0 aliphatic heterocycles. The molecule has 0 radical (unpaired) electrons. The van der Waals surface area contributed by atoms with E-state index in [4.69, 9.17) is 9.47 Å². The van der Waals surface area contributed by atoms with Gasteiger partial charge in [0.1, 0.15) is 6.54 Å². The van der Waals surface area contributed by atoms with Gasteiger partial charge in [-0.25, -0.2) is 8.42 Å². The molecule has 190 valence electrons. The Kier molecular flexibility index (Phi) is 8.05. The molecule has 0 fully saturated rings. The molecule has 0 atom stereocenters. The molecule has 1 heterocycles. The number of carbonyl (C=O) groups is 1. The van der Waals surface area contributed by atoms with E-state index in [-0.39, 0.29) is 10.6 Å². The van der Waals surface area contributed by atoms with Crippen LogP contribution in [-0.4, -0.2) is 40.1 Å². The monoisotopic (exact) mass is 517 g/mol. The number of methoxy groups -OCH3 is 2. The molecular formula is C28H27N3O5S. The van der Waals surface area contributed by atoms with E-state index >= 15 is 0 Å². The van der Waals surface area contributed by atoms with Crippen LogP contribution in [0.25, 0.3) is 0 Å². The highest BCUT2D eigenvalue weighted by Crippen LogP contribution is 2.33. The van der Waals surface area contributed by atoms with Crippen LogP contribution >= 0.6 is 0 Å². The van der Waals surface area contributed by atoms with Crippen LogP contribution in [0.15, 0.2) is 102 Å². The van der Waals surface area contributed by atoms with Crippen LogP contribution in [0, 0.1) is 0 Å². The van der Waals surface area contributed by atoms with Crippen LogP contribution in [0.5, 0.6) is 11.5 Å². The predicted octanol–water partition coefficient (Wildman–Crippen LogP) is 4.52. The second-order valence-electron chi connectivity index (χ2n) is 8.14. The minimum Gasteiger partial charge on any atom is -0.493 e. The number of amides is 1. The van der Waals surface area contributed by atoms with Crippen LogP contribution < -0.4 is 19.1 Å². The molecule has 4 aromatic rings. The maximum absolute atomic E-state index is 13.6. The maximum Gasteiger partial charge on any atom is 0.264 e. The van der Waals surface area contributed by atoms with Gasteiger partial charge in [0.15, 0.2) is 11.5 Å². The number of pyridine rings is 1. The largest absolute Gasteiger partial charge is 0.493 e. The Morgan fingerprint density at radius 2 is 1.49 bits per heavy atom. The number of hydrogen-bond donors (Lipinski definition) is 1. The molecule has 1 N–H and O–H groups in total. The molecule has 0 saturated carbocycles. The smallest absolute Gasteiger partial charge is 0.264 e. The standard InChI is InChI=1S/C28H27N3O5S/c1-35-26-13-12-24(19-27(26)36-2)31(37(33,34)25-6-4-3-5-7-25)20-28(32)30-23-10-8-21(9-11-23)18-22-14-16-29-17-15-22/h3-17,19H,18,20H2,1-2H3,(H,30,32). The van der Waals surface area contributed by atoms with Crippen molar-refractivity contribution < 1.29 is 22.7 Å². The van der Waals surface area contributed by atoms with E-state index in [1.807, 2.05) is 24.3 Å². The molecule has 9 heteroatoms. The molecule has 0 unspecified atom stereocenters. The summed E-state index contributed by atoms with van der Waals surface area (Å²) in [5.41, 5.74) is 3.03. The van der Waals surface area contributed by atoms with Gasteiger partial charge in [0.25, 0.3) is 10.0 Å². The zero-order chi connectivity index (χ0) is 26.3. The van der Waals surface area contributed by atoms with E-state index in [1.165, 1.54) is 32.4 Å². The number of benzene rings is 3. The summed E-state index contributed by atoms with van der Waals surface area (Å²) >= 11 is 0. The summed E-state index contributed by atoms with van der Waals surface area (Å²) in [7, 11) is -1.10. The topological polar surface area (TPSA) is 97.8 Å². The summed E-state index contributed by atoms with van der Waals surface area (Å²) in [6.07, 6.45) is 4.23. The van der Waals surface area contributed by atoms with Gasteiger partial charge in [0, 0.05) is 24.1 Å². The normalized spacial score (nSPS) is 11.0. The third-order valence-electron chi connectivity index (χ3n) is 5.67. The summed E-state index contributed by atoms with van der Waals surface area (Å²) in [5, 5.41) is 2.80. The maximum atomic E-state index is 13.6. The molecule has 3 aromatic carbocycles. The molecule has 37 heavy (non-hydrogen) atoms. The lowest BCUT2D eigenvalue weighted by atomic mass is 10.1. The third kappa shape index (κ3) is 6.25. The molecule has 4 rings (SSSR count). The summed E-state index contributed by atoms with van der Waals surface area (Å²) in [6, 6.07) is 24.0. The van der Waals surface area contributed by atoms with Crippen molar-refractivity contribution in [3.05, 3.63) is 108 Å². The van der Waals surface area contributed by atoms with Gasteiger partial charge in [0.05, 0.1) is 24.8 Å². The fourth-order valence-electron chi connectivity index (χ4n) is 3.79. The third-order valence-corrected chi connectivity index (χ3v) is 7.46. The number of nitrogens with one attached hydrogen (secondary N) is 1. The van der Waals surface area contributed by atoms with Gasteiger partial charge in [-0.3, -0.25) is 14.1 Å². The first-order valence-corrected chi connectivity index (χ1v) is 12.9. The molecule has 0 saturated heterocycles. The molecule has 0 bridgehead atoms. The number of hydrogen-bond acceptors (Lipinski definition) is 6. The Balaban J connectivity index is 1.56. The summed E-state index contributed by atoms with van der Waals surface area (Å²) < 4.78 is 38.8. The highest BCUT2D eigenvalue weighted by molar-refractivity contribution is 7.92. The van der Waals surface area contributed by atoms with Crippen molar-refractivity contribution in [2.75, 3.05) is 30.4 Å².